The van der Waals surface area contributed by atoms with Gasteiger partial charge in [-0.3, -0.25) is 4.79 Å². The van der Waals surface area contributed by atoms with E-state index in [4.69, 9.17) is 4.98 Å². The second-order valence-corrected chi connectivity index (χ2v) is 7.94. The van der Waals surface area contributed by atoms with Gasteiger partial charge >= 0.3 is 0 Å². The van der Waals surface area contributed by atoms with E-state index < -0.39 is 6.04 Å². The Kier molecular flexibility index (Phi) is 5.48. The van der Waals surface area contributed by atoms with Crippen LogP contribution in [0.1, 0.15) is 45.7 Å². The SMILES string of the molecule is O=C(NC(CO)c1ccccc1)c1ccc2nc(C3CCNCC3)sc2c1. The van der Waals surface area contributed by atoms with Crippen LogP contribution in [-0.4, -0.2) is 35.7 Å². The van der Waals surface area contributed by atoms with E-state index in [9.17, 15) is 9.90 Å². The lowest BCUT2D eigenvalue weighted by Gasteiger charge is -2.20. The molecule has 4 rings (SSSR count). The first kappa shape index (κ1) is 18.1. The van der Waals surface area contributed by atoms with Gasteiger partial charge in [0.1, 0.15) is 0 Å². The number of rotatable bonds is 5. The Morgan fingerprint density at radius 2 is 2.00 bits per heavy atom. The molecule has 0 bridgehead atoms. The highest BCUT2D eigenvalue weighted by atomic mass is 32.1. The van der Waals surface area contributed by atoms with Crippen molar-refractivity contribution in [1.29, 1.82) is 0 Å². The molecule has 1 aliphatic heterocycles. The van der Waals surface area contributed by atoms with Crippen LogP contribution >= 0.6 is 11.3 Å². The number of nitrogens with one attached hydrogen (secondary N) is 2. The number of aliphatic hydroxyl groups is 1. The molecule has 0 radical (unpaired) electrons. The molecular weight excluding hydrogens is 358 g/mol. The first-order valence-electron chi connectivity index (χ1n) is 9.32. The van der Waals surface area contributed by atoms with Crippen molar-refractivity contribution in [2.24, 2.45) is 0 Å². The summed E-state index contributed by atoms with van der Waals surface area (Å²) in [6.45, 7) is 1.94. The van der Waals surface area contributed by atoms with Crippen LogP contribution in [0, 0.1) is 0 Å². The maximum absolute atomic E-state index is 12.7. The first-order valence-corrected chi connectivity index (χ1v) is 10.1. The third kappa shape index (κ3) is 4.03. The zero-order valence-electron chi connectivity index (χ0n) is 15.0. The van der Waals surface area contributed by atoms with Crippen molar-refractivity contribution < 1.29 is 9.90 Å². The van der Waals surface area contributed by atoms with Gasteiger partial charge in [-0.15, -0.1) is 11.3 Å². The molecule has 1 aromatic heterocycles. The van der Waals surface area contributed by atoms with Gasteiger partial charge in [-0.05, 0) is 49.7 Å². The van der Waals surface area contributed by atoms with Crippen molar-refractivity contribution in [2.75, 3.05) is 19.7 Å². The maximum Gasteiger partial charge on any atom is 0.251 e. The average Bonchev–Trinajstić information content (AvgIpc) is 3.16. The minimum atomic E-state index is -0.416. The Bertz CT molecular complexity index is 920. The van der Waals surface area contributed by atoms with Crippen LogP contribution in [0.2, 0.25) is 0 Å². The molecule has 0 spiro atoms. The number of aromatic nitrogens is 1. The molecule has 1 fully saturated rings. The molecular formula is C21H23N3O2S. The lowest BCUT2D eigenvalue weighted by atomic mass is 9.99. The molecule has 1 amide bonds. The number of carbonyl (C=O) groups is 1. The number of hydrogen-bond donors (Lipinski definition) is 3. The number of piperidine rings is 1. The van der Waals surface area contributed by atoms with Crippen LogP contribution in [0.5, 0.6) is 0 Å². The van der Waals surface area contributed by atoms with Crippen molar-refractivity contribution in [3.63, 3.8) is 0 Å². The molecule has 1 aliphatic rings. The molecule has 1 saturated heterocycles. The van der Waals surface area contributed by atoms with E-state index >= 15 is 0 Å². The van der Waals surface area contributed by atoms with Gasteiger partial charge in [0.05, 0.1) is 27.9 Å². The maximum atomic E-state index is 12.7. The molecule has 2 aromatic carbocycles. The van der Waals surface area contributed by atoms with Crippen molar-refractivity contribution in [3.8, 4) is 0 Å². The van der Waals surface area contributed by atoms with E-state index in [1.54, 1.807) is 11.3 Å². The number of carbonyl (C=O) groups excluding carboxylic acids is 1. The predicted octanol–water partition coefficient (Wildman–Crippen LogP) is 3.23. The third-order valence-corrected chi connectivity index (χ3v) is 6.23. The topological polar surface area (TPSA) is 74.2 Å². The highest BCUT2D eigenvalue weighted by Crippen LogP contribution is 2.32. The molecule has 2 heterocycles. The van der Waals surface area contributed by atoms with Gasteiger partial charge in [-0.2, -0.15) is 0 Å². The number of hydrogen-bond acceptors (Lipinski definition) is 5. The summed E-state index contributed by atoms with van der Waals surface area (Å²) >= 11 is 1.69. The van der Waals surface area contributed by atoms with Crippen LogP contribution in [0.15, 0.2) is 48.5 Å². The monoisotopic (exact) mass is 381 g/mol. The molecule has 3 N–H and O–H groups in total. The van der Waals surface area contributed by atoms with E-state index in [0.717, 1.165) is 41.7 Å². The summed E-state index contributed by atoms with van der Waals surface area (Å²) in [6.07, 6.45) is 2.23. The summed E-state index contributed by atoms with van der Waals surface area (Å²) in [7, 11) is 0. The van der Waals surface area contributed by atoms with Crippen LogP contribution in [0.25, 0.3) is 10.2 Å². The standard InChI is InChI=1S/C21H23N3O2S/c25-13-18(14-4-2-1-3-5-14)23-20(26)16-6-7-17-19(12-16)27-21(24-17)15-8-10-22-11-9-15/h1-7,12,15,18,22,25H,8-11,13H2,(H,23,26). The number of benzene rings is 2. The lowest BCUT2D eigenvalue weighted by molar-refractivity contribution is 0.0916. The van der Waals surface area contributed by atoms with Gasteiger partial charge in [0.25, 0.3) is 5.91 Å². The normalized spacial score (nSPS) is 16.3. The second kappa shape index (κ2) is 8.17. The zero-order valence-corrected chi connectivity index (χ0v) is 15.8. The fraction of sp³-hybridized carbons (Fsp3) is 0.333. The van der Waals surface area contributed by atoms with Crippen molar-refractivity contribution in [1.82, 2.24) is 15.6 Å². The number of fused-ring (bicyclic) bond motifs is 1. The molecule has 5 nitrogen and oxygen atoms in total. The Morgan fingerprint density at radius 1 is 1.22 bits per heavy atom. The number of aliphatic hydroxyl groups excluding tert-OH is 1. The highest BCUT2D eigenvalue weighted by molar-refractivity contribution is 7.18. The zero-order chi connectivity index (χ0) is 18.6. The molecule has 6 heteroatoms. The van der Waals surface area contributed by atoms with Crippen molar-refractivity contribution in [3.05, 3.63) is 64.7 Å². The van der Waals surface area contributed by atoms with Crippen LogP contribution in [-0.2, 0) is 0 Å². The minimum Gasteiger partial charge on any atom is -0.394 e. The van der Waals surface area contributed by atoms with Gasteiger partial charge in [0.15, 0.2) is 0 Å². The van der Waals surface area contributed by atoms with E-state index in [1.807, 2.05) is 48.5 Å². The Hall–Kier alpha value is -2.28. The quantitative estimate of drug-likeness (QED) is 0.634. The summed E-state index contributed by atoms with van der Waals surface area (Å²) in [5.74, 6) is 0.328. The molecule has 140 valence electrons. The van der Waals surface area contributed by atoms with Crippen LogP contribution in [0.3, 0.4) is 0 Å². The summed E-state index contributed by atoms with van der Waals surface area (Å²) in [4.78, 5) is 17.5. The first-order chi connectivity index (χ1) is 13.2. The molecule has 0 aliphatic carbocycles. The van der Waals surface area contributed by atoms with Gasteiger partial charge in [0, 0.05) is 11.5 Å². The largest absolute Gasteiger partial charge is 0.394 e. The second-order valence-electron chi connectivity index (χ2n) is 6.88. The summed E-state index contributed by atoms with van der Waals surface area (Å²) in [5.41, 5.74) is 2.43. The fourth-order valence-electron chi connectivity index (χ4n) is 3.49. The van der Waals surface area contributed by atoms with Crippen LogP contribution in [0.4, 0.5) is 0 Å². The summed E-state index contributed by atoms with van der Waals surface area (Å²) in [6, 6.07) is 14.7. The summed E-state index contributed by atoms with van der Waals surface area (Å²) < 4.78 is 1.04. The van der Waals surface area contributed by atoms with Crippen LogP contribution < -0.4 is 10.6 Å². The number of amides is 1. The molecule has 3 aromatic rings. The van der Waals surface area contributed by atoms with E-state index in [-0.39, 0.29) is 12.5 Å². The van der Waals surface area contributed by atoms with E-state index in [1.165, 1.54) is 5.01 Å². The lowest BCUT2D eigenvalue weighted by Crippen LogP contribution is -2.30. The summed E-state index contributed by atoms with van der Waals surface area (Å²) in [5, 5.41) is 17.1. The Morgan fingerprint density at radius 3 is 2.74 bits per heavy atom. The van der Waals surface area contributed by atoms with Crippen molar-refractivity contribution >= 4 is 27.5 Å². The van der Waals surface area contributed by atoms with Gasteiger partial charge < -0.3 is 15.7 Å². The minimum absolute atomic E-state index is 0.140. The smallest absolute Gasteiger partial charge is 0.251 e. The van der Waals surface area contributed by atoms with Gasteiger partial charge in [0.2, 0.25) is 0 Å². The third-order valence-electron chi connectivity index (χ3n) is 5.05. The molecule has 0 saturated carbocycles. The van der Waals surface area contributed by atoms with Crippen molar-refractivity contribution in [2.45, 2.75) is 24.8 Å². The Labute approximate surface area is 162 Å². The molecule has 27 heavy (non-hydrogen) atoms. The highest BCUT2D eigenvalue weighted by Gasteiger charge is 2.20. The average molecular weight is 382 g/mol. The van der Waals surface area contributed by atoms with Gasteiger partial charge in [-0.1, -0.05) is 30.3 Å². The van der Waals surface area contributed by atoms with E-state index in [0.29, 0.717) is 11.5 Å². The van der Waals surface area contributed by atoms with E-state index in [2.05, 4.69) is 10.6 Å². The molecule has 1 atom stereocenters. The number of thiazole rings is 1. The Balaban J connectivity index is 1.53. The fourth-order valence-corrected chi connectivity index (χ4v) is 4.66. The predicted molar refractivity (Wildman–Crippen MR) is 108 cm³/mol. The molecule has 1 unspecified atom stereocenters. The number of nitrogens with zero attached hydrogens (tertiary/aromatic N) is 1. The van der Waals surface area contributed by atoms with Gasteiger partial charge in [-0.25, -0.2) is 4.98 Å².